The van der Waals surface area contributed by atoms with Gasteiger partial charge < -0.3 is 29.6 Å². The number of amides is 1. The lowest BCUT2D eigenvalue weighted by atomic mass is 10.0. The zero-order valence-corrected chi connectivity index (χ0v) is 27.5. The fourth-order valence-electron chi connectivity index (χ4n) is 4.90. The van der Waals surface area contributed by atoms with Crippen LogP contribution < -0.4 is 25.7 Å². The van der Waals surface area contributed by atoms with Gasteiger partial charge in [-0.2, -0.15) is 5.10 Å². The Morgan fingerprint density at radius 2 is 1.76 bits per heavy atom. The molecule has 2 N–H and O–H groups in total. The number of anilines is 3. The minimum absolute atomic E-state index is 0.159. The number of hydrogen-bond acceptors (Lipinski definition) is 8. The van der Waals surface area contributed by atoms with Gasteiger partial charge in [-0.15, -0.1) is 0 Å². The number of halogens is 2. The zero-order valence-electron chi connectivity index (χ0n) is 26.0. The van der Waals surface area contributed by atoms with Crippen molar-refractivity contribution in [3.63, 3.8) is 0 Å². The molecule has 5 rings (SSSR count). The summed E-state index contributed by atoms with van der Waals surface area (Å²) < 4.78 is 14.2. The van der Waals surface area contributed by atoms with E-state index in [1.807, 2.05) is 56.5 Å². The molecule has 0 aliphatic heterocycles. The molecular formula is C33H33Cl2N7O4. The monoisotopic (exact) mass is 661 g/mol. The van der Waals surface area contributed by atoms with Crippen LogP contribution in [0.5, 0.6) is 11.5 Å². The predicted molar refractivity (Wildman–Crippen MR) is 183 cm³/mol. The van der Waals surface area contributed by atoms with Gasteiger partial charge in [0.1, 0.15) is 17.3 Å². The van der Waals surface area contributed by atoms with Crippen LogP contribution in [0, 0.1) is 0 Å². The molecule has 0 aliphatic rings. The van der Waals surface area contributed by atoms with Crippen molar-refractivity contribution in [1.29, 1.82) is 0 Å². The topological polar surface area (TPSA) is 116 Å². The number of carbonyl (C=O) groups excluding carboxylic acids is 1. The largest absolute Gasteiger partial charge is 0.495 e. The molecule has 0 unspecified atom stereocenters. The third-order valence-corrected chi connectivity index (χ3v) is 7.82. The maximum absolute atomic E-state index is 14.4. The molecule has 46 heavy (non-hydrogen) atoms. The number of ether oxygens (including phenoxy) is 2. The van der Waals surface area contributed by atoms with Gasteiger partial charge in [-0.1, -0.05) is 41.4 Å². The Kier molecular flexibility index (Phi) is 9.96. The van der Waals surface area contributed by atoms with Crippen molar-refractivity contribution in [1.82, 2.24) is 24.2 Å². The maximum atomic E-state index is 14.4. The van der Waals surface area contributed by atoms with Crippen LogP contribution in [-0.2, 0) is 18.4 Å². The Morgan fingerprint density at radius 1 is 1.02 bits per heavy atom. The number of likely N-dealkylation sites (N-methyl/N-ethyl adjacent to an activating group) is 1. The van der Waals surface area contributed by atoms with Crippen molar-refractivity contribution in [2.24, 2.45) is 7.05 Å². The summed E-state index contributed by atoms with van der Waals surface area (Å²) in [6, 6.07) is 14.2. The third-order valence-electron chi connectivity index (χ3n) is 7.07. The molecular weight excluding hydrogens is 629 g/mol. The molecule has 0 spiro atoms. The lowest BCUT2D eigenvalue weighted by molar-refractivity contribution is -0.111. The highest BCUT2D eigenvalue weighted by Crippen LogP contribution is 2.45. The minimum Gasteiger partial charge on any atom is -0.495 e. The molecule has 3 heterocycles. The van der Waals surface area contributed by atoms with Crippen molar-refractivity contribution >= 4 is 57.3 Å². The molecule has 2 aromatic carbocycles. The molecule has 1 amide bonds. The number of benzene rings is 2. The number of fused-ring (bicyclic) bond motifs is 1. The first-order valence-electron chi connectivity index (χ1n) is 14.2. The highest BCUT2D eigenvalue weighted by atomic mass is 35.5. The average Bonchev–Trinajstić information content (AvgIpc) is 3.43. The van der Waals surface area contributed by atoms with Crippen LogP contribution in [0.2, 0.25) is 10.0 Å². The molecule has 0 atom stereocenters. The summed E-state index contributed by atoms with van der Waals surface area (Å²) >= 11 is 13.5. The number of aryl methyl sites for hydroxylation is 1. The molecule has 238 valence electrons. The molecule has 13 heteroatoms. The first-order chi connectivity index (χ1) is 22.1. The minimum atomic E-state index is -0.359. The summed E-state index contributed by atoms with van der Waals surface area (Å²) in [6.07, 6.45) is 6.75. The lowest BCUT2D eigenvalue weighted by Gasteiger charge is -2.18. The summed E-state index contributed by atoms with van der Waals surface area (Å²) in [4.78, 5) is 33.5. The van der Waals surface area contributed by atoms with Gasteiger partial charge in [0.05, 0.1) is 41.9 Å². The van der Waals surface area contributed by atoms with Crippen LogP contribution >= 0.6 is 23.2 Å². The number of pyridine rings is 2. The van der Waals surface area contributed by atoms with E-state index in [4.69, 9.17) is 32.7 Å². The SMILES string of the molecule is COc1cc(OC)c(Cl)c(-c2cc3cnc(Nc4ccn(C)n4)cc3n(Cc3cccc(NC(=O)/C=C/CN(C)C)c3)c2=O)c1Cl. The van der Waals surface area contributed by atoms with Gasteiger partial charge in [-0.05, 0) is 37.9 Å². The third kappa shape index (κ3) is 7.17. The van der Waals surface area contributed by atoms with Gasteiger partial charge in [-0.3, -0.25) is 14.3 Å². The van der Waals surface area contributed by atoms with Crippen molar-refractivity contribution in [3.05, 3.63) is 99.0 Å². The van der Waals surface area contributed by atoms with Crippen molar-refractivity contribution in [2.45, 2.75) is 6.54 Å². The Hall–Kier alpha value is -4.84. The van der Waals surface area contributed by atoms with Crippen molar-refractivity contribution in [3.8, 4) is 22.6 Å². The fourth-order valence-corrected chi connectivity index (χ4v) is 5.60. The van der Waals surface area contributed by atoms with Gasteiger partial charge >= 0.3 is 0 Å². The number of rotatable bonds is 11. The van der Waals surface area contributed by atoms with E-state index in [1.54, 1.807) is 45.8 Å². The van der Waals surface area contributed by atoms with E-state index >= 15 is 0 Å². The molecule has 3 aromatic heterocycles. The van der Waals surface area contributed by atoms with E-state index in [0.29, 0.717) is 46.3 Å². The second-order valence-electron chi connectivity index (χ2n) is 10.7. The first-order valence-corrected chi connectivity index (χ1v) is 14.9. The summed E-state index contributed by atoms with van der Waals surface area (Å²) in [5, 5.41) is 11.4. The molecule has 0 saturated carbocycles. The quantitative estimate of drug-likeness (QED) is 0.166. The number of nitrogens with zero attached hydrogens (tertiary/aromatic N) is 5. The van der Waals surface area contributed by atoms with Crippen molar-refractivity contribution in [2.75, 3.05) is 45.5 Å². The van der Waals surface area contributed by atoms with Gasteiger partial charge in [-0.25, -0.2) is 4.98 Å². The van der Waals surface area contributed by atoms with E-state index in [1.165, 1.54) is 20.3 Å². The first kappa shape index (κ1) is 32.6. The number of hydrogen-bond donors (Lipinski definition) is 2. The summed E-state index contributed by atoms with van der Waals surface area (Å²) in [7, 11) is 8.61. The molecule has 0 saturated heterocycles. The van der Waals surface area contributed by atoms with Crippen LogP contribution in [-0.4, -0.2) is 65.0 Å². The lowest BCUT2D eigenvalue weighted by Crippen LogP contribution is -2.23. The smallest absolute Gasteiger partial charge is 0.259 e. The molecule has 0 radical (unpaired) electrons. The molecule has 11 nitrogen and oxygen atoms in total. The summed E-state index contributed by atoms with van der Waals surface area (Å²) in [6.45, 7) is 0.797. The van der Waals surface area contributed by atoms with Gasteiger partial charge in [0.2, 0.25) is 5.91 Å². The highest BCUT2D eigenvalue weighted by Gasteiger charge is 2.23. The number of methoxy groups -OCH3 is 2. The highest BCUT2D eigenvalue weighted by molar-refractivity contribution is 6.41. The van der Waals surface area contributed by atoms with E-state index in [0.717, 1.165) is 5.56 Å². The number of nitrogens with one attached hydrogen (secondary N) is 2. The van der Waals surface area contributed by atoms with E-state index in [-0.39, 0.29) is 39.2 Å². The Balaban J connectivity index is 1.63. The van der Waals surface area contributed by atoms with E-state index < -0.39 is 0 Å². The molecule has 0 fully saturated rings. The van der Waals surface area contributed by atoms with Crippen LogP contribution in [0.25, 0.3) is 22.0 Å². The van der Waals surface area contributed by atoms with Crippen LogP contribution in [0.3, 0.4) is 0 Å². The zero-order chi connectivity index (χ0) is 33.0. The second-order valence-corrected chi connectivity index (χ2v) is 11.5. The van der Waals surface area contributed by atoms with Crippen LogP contribution in [0.15, 0.2) is 77.9 Å². The normalized spacial score (nSPS) is 11.4. The van der Waals surface area contributed by atoms with Gasteiger partial charge in [0.25, 0.3) is 5.56 Å². The Bertz CT molecular complexity index is 1970. The van der Waals surface area contributed by atoms with Crippen LogP contribution in [0.1, 0.15) is 5.56 Å². The Morgan fingerprint density at radius 3 is 2.41 bits per heavy atom. The van der Waals surface area contributed by atoms with Crippen LogP contribution in [0.4, 0.5) is 17.3 Å². The fraction of sp³-hybridized carbons (Fsp3) is 0.212. The van der Waals surface area contributed by atoms with Gasteiger partial charge in [0, 0.05) is 66.9 Å². The molecule has 0 bridgehead atoms. The average molecular weight is 663 g/mol. The van der Waals surface area contributed by atoms with E-state index in [2.05, 4.69) is 20.7 Å². The van der Waals surface area contributed by atoms with E-state index in [9.17, 15) is 9.59 Å². The summed E-state index contributed by atoms with van der Waals surface area (Å²) in [5.41, 5.74) is 2.12. The van der Waals surface area contributed by atoms with Crippen molar-refractivity contribution < 1.29 is 14.3 Å². The molecule has 5 aromatic rings. The number of aromatic nitrogens is 4. The van der Waals surface area contributed by atoms with Gasteiger partial charge in [0.15, 0.2) is 5.82 Å². The Labute approximate surface area is 276 Å². The second kappa shape index (κ2) is 14.1. The molecule has 0 aliphatic carbocycles. The number of carbonyl (C=O) groups is 1. The standard InChI is InChI=1S/C33H33Cl2N7O4/c1-40(2)12-7-10-29(43)37-22-9-6-8-20(14-22)19-42-24-16-28(38-27-11-13-41(3)39-27)36-18-21(24)15-23(33(42)44)30-31(34)25(45-4)17-26(46-5)32(30)35/h6-11,13-18H,12,19H2,1-5H3,(H,37,43)(H,36,38,39)/b10-7+. The predicted octanol–water partition coefficient (Wildman–Crippen LogP) is 5.97. The maximum Gasteiger partial charge on any atom is 0.259 e. The summed E-state index contributed by atoms with van der Waals surface area (Å²) in [5.74, 6) is 1.46.